The van der Waals surface area contributed by atoms with E-state index in [-0.39, 0.29) is 23.2 Å². The lowest BCUT2D eigenvalue weighted by atomic mass is 10.1. The standard InChI is InChI=1S/C21H32N2O2S/c1-14(2)9-10-22-20(24)18-13-26-19(11-15(3)4)23(18)21(25)17-8-6-7-16(5)12-17/h6-8,12,14-15,18-19H,9-11,13H2,1-5H3,(H,22,24). The fourth-order valence-electron chi connectivity index (χ4n) is 3.15. The molecule has 2 rings (SSSR count). The van der Waals surface area contributed by atoms with E-state index in [4.69, 9.17) is 0 Å². The first-order valence-corrected chi connectivity index (χ1v) is 10.6. The molecule has 1 aliphatic heterocycles. The van der Waals surface area contributed by atoms with E-state index in [0.29, 0.717) is 29.7 Å². The van der Waals surface area contributed by atoms with E-state index in [2.05, 4.69) is 33.0 Å². The van der Waals surface area contributed by atoms with E-state index in [1.54, 1.807) is 11.8 Å². The van der Waals surface area contributed by atoms with Gasteiger partial charge >= 0.3 is 0 Å². The molecule has 1 aromatic rings. The van der Waals surface area contributed by atoms with E-state index >= 15 is 0 Å². The minimum absolute atomic E-state index is 0.0228. The molecule has 1 saturated heterocycles. The maximum absolute atomic E-state index is 13.2. The summed E-state index contributed by atoms with van der Waals surface area (Å²) in [7, 11) is 0. The summed E-state index contributed by atoms with van der Waals surface area (Å²) in [6.45, 7) is 11.3. The third kappa shape index (κ3) is 5.50. The van der Waals surface area contributed by atoms with Crippen LogP contribution in [0.25, 0.3) is 0 Å². The quantitative estimate of drug-likeness (QED) is 0.780. The van der Waals surface area contributed by atoms with Crippen molar-refractivity contribution in [3.8, 4) is 0 Å². The molecule has 2 unspecified atom stereocenters. The van der Waals surface area contributed by atoms with E-state index in [9.17, 15) is 9.59 Å². The Morgan fingerprint density at radius 3 is 2.58 bits per heavy atom. The average Bonchev–Trinajstić information content (AvgIpc) is 2.96. The number of carbonyl (C=O) groups is 2. The molecular formula is C21H32N2O2S. The van der Waals surface area contributed by atoms with E-state index in [0.717, 1.165) is 18.4 Å². The van der Waals surface area contributed by atoms with Gasteiger partial charge in [-0.05, 0) is 43.7 Å². The summed E-state index contributed by atoms with van der Waals surface area (Å²) in [4.78, 5) is 27.8. The highest BCUT2D eigenvalue weighted by Crippen LogP contribution is 2.34. The zero-order chi connectivity index (χ0) is 19.3. The average molecular weight is 377 g/mol. The van der Waals surface area contributed by atoms with E-state index in [1.807, 2.05) is 36.1 Å². The van der Waals surface area contributed by atoms with Crippen LogP contribution in [-0.2, 0) is 4.79 Å². The number of amides is 2. The molecule has 0 bridgehead atoms. The molecule has 0 aliphatic carbocycles. The first-order chi connectivity index (χ1) is 12.3. The van der Waals surface area contributed by atoms with Crippen LogP contribution >= 0.6 is 11.8 Å². The molecule has 26 heavy (non-hydrogen) atoms. The summed E-state index contributed by atoms with van der Waals surface area (Å²) in [5.74, 6) is 1.64. The van der Waals surface area contributed by atoms with Gasteiger partial charge in [0.1, 0.15) is 6.04 Å². The highest BCUT2D eigenvalue weighted by atomic mass is 32.2. The molecule has 2 atom stereocenters. The fourth-order valence-corrected chi connectivity index (χ4v) is 4.79. The van der Waals surface area contributed by atoms with Crippen molar-refractivity contribution in [1.82, 2.24) is 10.2 Å². The Hall–Kier alpha value is -1.49. The topological polar surface area (TPSA) is 49.4 Å². The molecule has 1 aromatic carbocycles. The van der Waals surface area contributed by atoms with Crippen molar-refractivity contribution < 1.29 is 9.59 Å². The van der Waals surface area contributed by atoms with Gasteiger partial charge in [0.05, 0.1) is 5.37 Å². The van der Waals surface area contributed by atoms with Crippen LogP contribution in [0.4, 0.5) is 0 Å². The van der Waals surface area contributed by atoms with Crippen LogP contribution in [0.15, 0.2) is 24.3 Å². The van der Waals surface area contributed by atoms with Gasteiger partial charge in [-0.3, -0.25) is 9.59 Å². The van der Waals surface area contributed by atoms with Gasteiger partial charge in [-0.1, -0.05) is 45.4 Å². The number of hydrogen-bond acceptors (Lipinski definition) is 3. The van der Waals surface area contributed by atoms with Gasteiger partial charge in [0.25, 0.3) is 5.91 Å². The molecule has 1 N–H and O–H groups in total. The molecule has 0 spiro atoms. The summed E-state index contributed by atoms with van der Waals surface area (Å²) in [5.41, 5.74) is 1.72. The van der Waals surface area contributed by atoms with Crippen molar-refractivity contribution in [2.24, 2.45) is 11.8 Å². The Bertz CT molecular complexity index is 630. The fraction of sp³-hybridized carbons (Fsp3) is 0.619. The SMILES string of the molecule is Cc1cccc(C(=O)N2C(CC(C)C)SCC2C(=O)NCCC(C)C)c1. The number of nitrogens with one attached hydrogen (secondary N) is 1. The van der Waals surface area contributed by atoms with Crippen LogP contribution in [-0.4, -0.2) is 40.4 Å². The molecule has 1 heterocycles. The molecule has 1 fully saturated rings. The predicted octanol–water partition coefficient (Wildman–Crippen LogP) is 4.09. The Morgan fingerprint density at radius 1 is 1.23 bits per heavy atom. The molecule has 0 radical (unpaired) electrons. The van der Waals surface area contributed by atoms with Gasteiger partial charge in [-0.2, -0.15) is 0 Å². The second kappa shape index (κ2) is 9.45. The van der Waals surface area contributed by atoms with Gasteiger partial charge in [0.2, 0.25) is 5.91 Å². The van der Waals surface area contributed by atoms with Crippen molar-refractivity contribution in [2.45, 2.75) is 58.9 Å². The Kier molecular flexibility index (Phi) is 7.56. The summed E-state index contributed by atoms with van der Waals surface area (Å²) < 4.78 is 0. The maximum atomic E-state index is 13.2. The molecule has 2 amide bonds. The number of aryl methyl sites for hydroxylation is 1. The molecule has 0 saturated carbocycles. The maximum Gasteiger partial charge on any atom is 0.255 e. The number of nitrogens with zero attached hydrogens (tertiary/aromatic N) is 1. The first-order valence-electron chi connectivity index (χ1n) is 9.58. The van der Waals surface area contributed by atoms with Crippen LogP contribution in [0.1, 0.15) is 56.5 Å². The van der Waals surface area contributed by atoms with Crippen molar-refractivity contribution in [1.29, 1.82) is 0 Å². The zero-order valence-corrected chi connectivity index (χ0v) is 17.4. The van der Waals surface area contributed by atoms with Crippen molar-refractivity contribution in [3.63, 3.8) is 0 Å². The smallest absolute Gasteiger partial charge is 0.255 e. The van der Waals surface area contributed by atoms with Crippen molar-refractivity contribution in [3.05, 3.63) is 35.4 Å². The minimum Gasteiger partial charge on any atom is -0.354 e. The minimum atomic E-state index is -0.385. The number of hydrogen-bond donors (Lipinski definition) is 1. The molecule has 5 heteroatoms. The second-order valence-electron chi connectivity index (χ2n) is 7.99. The number of benzene rings is 1. The summed E-state index contributed by atoms with van der Waals surface area (Å²) in [6.07, 6.45) is 1.85. The molecule has 0 aromatic heterocycles. The van der Waals surface area contributed by atoms with Crippen molar-refractivity contribution >= 4 is 23.6 Å². The monoisotopic (exact) mass is 376 g/mol. The van der Waals surface area contributed by atoms with Crippen LogP contribution in [0, 0.1) is 18.8 Å². The third-order valence-corrected chi connectivity index (χ3v) is 5.90. The van der Waals surface area contributed by atoms with Gasteiger partial charge in [-0.25, -0.2) is 0 Å². The lowest BCUT2D eigenvalue weighted by Gasteiger charge is -2.30. The second-order valence-corrected chi connectivity index (χ2v) is 9.20. The molecular weight excluding hydrogens is 344 g/mol. The van der Waals surface area contributed by atoms with E-state index in [1.165, 1.54) is 0 Å². The molecule has 1 aliphatic rings. The summed E-state index contributed by atoms with van der Waals surface area (Å²) in [5, 5.41) is 3.09. The lowest BCUT2D eigenvalue weighted by molar-refractivity contribution is -0.124. The Balaban J connectivity index is 2.18. The Labute approximate surface area is 162 Å². The van der Waals surface area contributed by atoms with Gasteiger partial charge in [-0.15, -0.1) is 11.8 Å². The number of rotatable bonds is 7. The third-order valence-electron chi connectivity index (χ3n) is 4.59. The van der Waals surface area contributed by atoms with Crippen LogP contribution < -0.4 is 5.32 Å². The zero-order valence-electron chi connectivity index (χ0n) is 16.6. The van der Waals surface area contributed by atoms with Crippen molar-refractivity contribution in [2.75, 3.05) is 12.3 Å². The highest BCUT2D eigenvalue weighted by Gasteiger charge is 2.41. The lowest BCUT2D eigenvalue weighted by Crippen LogP contribution is -2.50. The van der Waals surface area contributed by atoms with Gasteiger partial charge in [0, 0.05) is 17.9 Å². The van der Waals surface area contributed by atoms with Gasteiger partial charge in [0.15, 0.2) is 0 Å². The molecule has 144 valence electrons. The number of thioether (sulfide) groups is 1. The largest absolute Gasteiger partial charge is 0.354 e. The summed E-state index contributed by atoms with van der Waals surface area (Å²) in [6, 6.07) is 7.26. The number of carbonyl (C=O) groups excluding carboxylic acids is 2. The first kappa shape index (κ1) is 20.8. The molecule has 4 nitrogen and oxygen atoms in total. The summed E-state index contributed by atoms with van der Waals surface area (Å²) >= 11 is 1.73. The van der Waals surface area contributed by atoms with Crippen LogP contribution in [0.5, 0.6) is 0 Å². The van der Waals surface area contributed by atoms with Crippen LogP contribution in [0.2, 0.25) is 0 Å². The van der Waals surface area contributed by atoms with E-state index < -0.39 is 0 Å². The Morgan fingerprint density at radius 2 is 1.96 bits per heavy atom. The van der Waals surface area contributed by atoms with Gasteiger partial charge < -0.3 is 10.2 Å². The van der Waals surface area contributed by atoms with Crippen LogP contribution in [0.3, 0.4) is 0 Å². The normalized spacial score (nSPS) is 20.0. The predicted molar refractivity (Wildman–Crippen MR) is 109 cm³/mol. The highest BCUT2D eigenvalue weighted by molar-refractivity contribution is 8.00.